The van der Waals surface area contributed by atoms with Crippen LogP contribution in [-0.2, 0) is 23.9 Å². The van der Waals surface area contributed by atoms with Gasteiger partial charge >= 0.3 is 12.0 Å². The molecule has 172 valence electrons. The molecule has 1 aromatic carbocycles. The van der Waals surface area contributed by atoms with Crippen LogP contribution in [0.5, 0.6) is 0 Å². The number of amides is 4. The lowest BCUT2D eigenvalue weighted by Gasteiger charge is -2.42. The fourth-order valence-corrected chi connectivity index (χ4v) is 4.85. The van der Waals surface area contributed by atoms with Gasteiger partial charge < -0.3 is 19.7 Å². The van der Waals surface area contributed by atoms with Crippen molar-refractivity contribution in [3.05, 3.63) is 30.1 Å². The number of ether oxygens (including phenoxy) is 2. The van der Waals surface area contributed by atoms with E-state index in [1.54, 1.807) is 6.92 Å². The normalized spacial score (nSPS) is 27.1. The molecule has 4 atom stereocenters. The predicted octanol–water partition coefficient (Wildman–Crippen LogP) is 1.60. The standard InChI is InChI=1S/C22H26FN3O6/c1-2-31-18(28)11-24-17(27)12-25-19-15-5-3-4-6-16(15)32-20(19)21(29)26(22(25)30)14-9-7-13(23)8-10-14/h7-10,15-16,19-20H,2-6,11-12H2,1H3,(H,24,27). The Hall–Kier alpha value is -3.01. The third-order valence-electron chi connectivity index (χ3n) is 6.22. The maximum Gasteiger partial charge on any atom is 0.332 e. The molecule has 1 aliphatic carbocycles. The second-order valence-corrected chi connectivity index (χ2v) is 8.18. The smallest absolute Gasteiger partial charge is 0.332 e. The minimum Gasteiger partial charge on any atom is -0.465 e. The van der Waals surface area contributed by atoms with E-state index in [2.05, 4.69) is 5.32 Å². The summed E-state index contributed by atoms with van der Waals surface area (Å²) in [5.74, 6) is -2.18. The number of hydrogen-bond donors (Lipinski definition) is 1. The Morgan fingerprint density at radius 2 is 1.91 bits per heavy atom. The highest BCUT2D eigenvalue weighted by Gasteiger charge is 2.58. The largest absolute Gasteiger partial charge is 0.465 e. The molecule has 0 spiro atoms. The van der Waals surface area contributed by atoms with E-state index in [1.807, 2.05) is 0 Å². The maximum absolute atomic E-state index is 13.4. The molecule has 2 aliphatic heterocycles. The van der Waals surface area contributed by atoms with Gasteiger partial charge in [-0.15, -0.1) is 0 Å². The number of hydrogen-bond acceptors (Lipinski definition) is 6. The lowest BCUT2D eigenvalue weighted by Crippen LogP contribution is -2.66. The number of carbonyl (C=O) groups excluding carboxylic acids is 4. The zero-order valence-corrected chi connectivity index (χ0v) is 17.8. The van der Waals surface area contributed by atoms with Gasteiger partial charge in [0.15, 0.2) is 6.10 Å². The molecule has 10 heteroatoms. The second-order valence-electron chi connectivity index (χ2n) is 8.18. The van der Waals surface area contributed by atoms with Crippen molar-refractivity contribution >= 4 is 29.5 Å². The Morgan fingerprint density at radius 3 is 2.62 bits per heavy atom. The lowest BCUT2D eigenvalue weighted by atomic mass is 9.81. The number of rotatable bonds is 6. The molecule has 1 aromatic rings. The summed E-state index contributed by atoms with van der Waals surface area (Å²) < 4.78 is 24.3. The number of imide groups is 1. The Bertz CT molecular complexity index is 907. The maximum atomic E-state index is 13.4. The molecule has 4 amide bonds. The third-order valence-corrected chi connectivity index (χ3v) is 6.22. The minimum atomic E-state index is -0.899. The zero-order chi connectivity index (χ0) is 22.8. The summed E-state index contributed by atoms with van der Waals surface area (Å²) >= 11 is 0. The van der Waals surface area contributed by atoms with E-state index in [0.717, 1.165) is 42.7 Å². The molecule has 0 aromatic heterocycles. The lowest BCUT2D eigenvalue weighted by molar-refractivity contribution is -0.143. The number of esters is 1. The van der Waals surface area contributed by atoms with Crippen LogP contribution in [0.25, 0.3) is 0 Å². The summed E-state index contributed by atoms with van der Waals surface area (Å²) in [6.45, 7) is 1.20. The Balaban J connectivity index is 1.59. The van der Waals surface area contributed by atoms with Gasteiger partial charge in [0.1, 0.15) is 18.9 Å². The van der Waals surface area contributed by atoms with Gasteiger partial charge in [-0.2, -0.15) is 0 Å². The summed E-state index contributed by atoms with van der Waals surface area (Å²) in [7, 11) is 0. The number of nitrogens with one attached hydrogen (secondary N) is 1. The van der Waals surface area contributed by atoms with Crippen molar-refractivity contribution in [3.63, 3.8) is 0 Å². The van der Waals surface area contributed by atoms with Crippen molar-refractivity contribution in [3.8, 4) is 0 Å². The van der Waals surface area contributed by atoms with Crippen LogP contribution in [0.2, 0.25) is 0 Å². The molecule has 0 radical (unpaired) electrons. The molecule has 2 heterocycles. The number of urea groups is 1. The van der Waals surface area contributed by atoms with Gasteiger partial charge in [0, 0.05) is 5.92 Å². The van der Waals surface area contributed by atoms with Crippen LogP contribution in [0, 0.1) is 11.7 Å². The molecule has 1 N–H and O–H groups in total. The SMILES string of the molecule is CCOC(=O)CNC(=O)CN1C(=O)N(c2ccc(F)cc2)C(=O)C2OC3CCCCC3C21. The molecular formula is C22H26FN3O6. The van der Waals surface area contributed by atoms with Crippen LogP contribution in [0.1, 0.15) is 32.6 Å². The van der Waals surface area contributed by atoms with Crippen LogP contribution < -0.4 is 10.2 Å². The van der Waals surface area contributed by atoms with Crippen molar-refractivity contribution in [2.75, 3.05) is 24.6 Å². The van der Waals surface area contributed by atoms with Gasteiger partial charge in [0.05, 0.1) is 24.4 Å². The van der Waals surface area contributed by atoms with Gasteiger partial charge in [-0.3, -0.25) is 14.4 Å². The highest BCUT2D eigenvalue weighted by molar-refractivity contribution is 6.18. The van der Waals surface area contributed by atoms with Crippen molar-refractivity contribution in [1.29, 1.82) is 0 Å². The van der Waals surface area contributed by atoms with E-state index in [1.165, 1.54) is 17.0 Å². The zero-order valence-electron chi connectivity index (χ0n) is 17.8. The first-order chi connectivity index (χ1) is 15.4. The van der Waals surface area contributed by atoms with Crippen molar-refractivity contribution < 1.29 is 33.0 Å². The molecule has 3 fully saturated rings. The third kappa shape index (κ3) is 4.19. The van der Waals surface area contributed by atoms with Crippen molar-refractivity contribution in [1.82, 2.24) is 10.2 Å². The van der Waals surface area contributed by atoms with Crippen molar-refractivity contribution in [2.45, 2.75) is 50.9 Å². The summed E-state index contributed by atoms with van der Waals surface area (Å²) in [6.07, 6.45) is 2.46. The fourth-order valence-electron chi connectivity index (χ4n) is 4.85. The summed E-state index contributed by atoms with van der Waals surface area (Å²) in [6, 6.07) is 3.77. The number of halogens is 1. The second kappa shape index (κ2) is 9.23. The Labute approximate surface area is 184 Å². The minimum absolute atomic E-state index is 0.0464. The molecule has 2 saturated heterocycles. The highest BCUT2D eigenvalue weighted by atomic mass is 19.1. The van der Waals surface area contributed by atoms with Crippen LogP contribution in [0.3, 0.4) is 0 Å². The number of carbonyl (C=O) groups is 4. The van der Waals surface area contributed by atoms with Gasteiger partial charge in [0.2, 0.25) is 5.91 Å². The molecule has 9 nitrogen and oxygen atoms in total. The number of fused-ring (bicyclic) bond motifs is 3. The average molecular weight is 447 g/mol. The van der Waals surface area contributed by atoms with E-state index < -0.39 is 41.8 Å². The first-order valence-corrected chi connectivity index (χ1v) is 10.9. The topological polar surface area (TPSA) is 105 Å². The number of anilines is 1. The first kappa shape index (κ1) is 22.2. The van der Waals surface area contributed by atoms with Crippen LogP contribution in [-0.4, -0.2) is 66.7 Å². The van der Waals surface area contributed by atoms with E-state index >= 15 is 0 Å². The molecular weight excluding hydrogens is 421 g/mol. The Morgan fingerprint density at radius 1 is 1.19 bits per heavy atom. The highest BCUT2D eigenvalue weighted by Crippen LogP contribution is 2.43. The van der Waals surface area contributed by atoms with Gasteiger partial charge in [-0.1, -0.05) is 12.8 Å². The van der Waals surface area contributed by atoms with Crippen LogP contribution >= 0.6 is 0 Å². The van der Waals surface area contributed by atoms with Crippen LogP contribution in [0.4, 0.5) is 14.9 Å². The van der Waals surface area contributed by atoms with E-state index in [9.17, 15) is 23.6 Å². The molecule has 4 unspecified atom stereocenters. The fraction of sp³-hybridized carbons (Fsp3) is 0.545. The molecule has 0 bridgehead atoms. The van der Waals surface area contributed by atoms with Gasteiger partial charge in [-0.25, -0.2) is 14.1 Å². The summed E-state index contributed by atoms with van der Waals surface area (Å²) in [5.41, 5.74) is 0.204. The van der Waals surface area contributed by atoms with E-state index in [-0.39, 0.29) is 37.4 Å². The summed E-state index contributed by atoms with van der Waals surface area (Å²) in [5, 5.41) is 2.46. The quantitative estimate of drug-likeness (QED) is 0.665. The molecule has 4 rings (SSSR count). The molecule has 1 saturated carbocycles. The Kier molecular flexibility index (Phi) is 6.40. The van der Waals surface area contributed by atoms with Crippen LogP contribution in [0.15, 0.2) is 24.3 Å². The summed E-state index contributed by atoms with van der Waals surface area (Å²) in [4.78, 5) is 53.1. The molecule has 3 aliphatic rings. The number of benzene rings is 1. The van der Waals surface area contributed by atoms with E-state index in [0.29, 0.717) is 0 Å². The van der Waals surface area contributed by atoms with E-state index in [4.69, 9.17) is 9.47 Å². The predicted molar refractivity (Wildman–Crippen MR) is 110 cm³/mol. The monoisotopic (exact) mass is 447 g/mol. The average Bonchev–Trinajstić information content (AvgIpc) is 3.17. The van der Waals surface area contributed by atoms with Crippen molar-refractivity contribution in [2.24, 2.45) is 5.92 Å². The van der Waals surface area contributed by atoms with Gasteiger partial charge in [0.25, 0.3) is 5.91 Å². The van der Waals surface area contributed by atoms with Gasteiger partial charge in [-0.05, 0) is 44.0 Å². The molecule has 32 heavy (non-hydrogen) atoms. The number of nitrogens with zero attached hydrogens (tertiary/aromatic N) is 2. The first-order valence-electron chi connectivity index (χ1n) is 10.9.